The van der Waals surface area contributed by atoms with Gasteiger partial charge in [0.1, 0.15) is 5.82 Å². The topological polar surface area (TPSA) is 58.5 Å². The van der Waals surface area contributed by atoms with Crippen LogP contribution in [0, 0.1) is 20.8 Å². The molecule has 0 radical (unpaired) electrons. The normalized spacial score (nSPS) is 21.1. The van der Waals surface area contributed by atoms with Crippen molar-refractivity contribution in [2.45, 2.75) is 32.9 Å². The summed E-state index contributed by atoms with van der Waals surface area (Å²) in [7, 11) is 0. The molecule has 2 saturated heterocycles. The van der Waals surface area contributed by atoms with Crippen LogP contribution in [0.3, 0.4) is 0 Å². The van der Waals surface area contributed by atoms with Gasteiger partial charge < -0.3 is 19.5 Å². The molecule has 2 atom stereocenters. The summed E-state index contributed by atoms with van der Waals surface area (Å²) in [4.78, 5) is 14.2. The van der Waals surface area contributed by atoms with Crippen molar-refractivity contribution in [3.63, 3.8) is 0 Å². The summed E-state index contributed by atoms with van der Waals surface area (Å²) in [5.74, 6) is 0.978. The number of aromatic nitrogens is 3. The zero-order valence-corrected chi connectivity index (χ0v) is 20.9. The number of nitrogens with one attached hydrogen (secondary N) is 1. The van der Waals surface area contributed by atoms with Gasteiger partial charge in [-0.05, 0) is 68.4 Å². The van der Waals surface area contributed by atoms with Crippen LogP contribution in [0.1, 0.15) is 40.3 Å². The van der Waals surface area contributed by atoms with Crippen molar-refractivity contribution in [1.82, 2.24) is 29.7 Å². The lowest BCUT2D eigenvalue weighted by Crippen LogP contribution is -2.42. The highest BCUT2D eigenvalue weighted by Crippen LogP contribution is 2.41. The van der Waals surface area contributed by atoms with Gasteiger partial charge in [0.05, 0.1) is 31.0 Å². The Balaban J connectivity index is 1.53. The van der Waals surface area contributed by atoms with Gasteiger partial charge in [-0.15, -0.1) is 0 Å². The zero-order chi connectivity index (χ0) is 23.7. The van der Waals surface area contributed by atoms with E-state index in [-0.39, 0.29) is 12.1 Å². The van der Waals surface area contributed by atoms with Crippen LogP contribution in [-0.2, 0) is 4.74 Å². The fraction of sp³-hybridized carbons (Fsp3) is 0.423. The maximum atomic E-state index is 5.88. The van der Waals surface area contributed by atoms with Gasteiger partial charge in [0.15, 0.2) is 5.11 Å². The zero-order valence-electron chi connectivity index (χ0n) is 20.1. The molecular weight excluding hydrogens is 444 g/mol. The SMILES string of the molecule is Cc1cccnc1-n1c(C)cc([C@@H]2[C@@H](c3ccccn3)NC(=S)N2CCN2CCOCC2)c1C. The standard InChI is InChI=1S/C26H32N6OS/c1-18-7-6-10-28-25(18)32-19(2)17-21(20(32)3)24-23(22-8-4-5-9-27-22)29-26(34)31(24)12-11-30-13-15-33-16-14-30/h4-10,17,23-24H,11-16H2,1-3H3,(H,29,34)/t23-,24-/m1/s1. The predicted molar refractivity (Wildman–Crippen MR) is 137 cm³/mol. The van der Waals surface area contributed by atoms with Gasteiger partial charge in [-0.1, -0.05) is 12.1 Å². The van der Waals surface area contributed by atoms with Crippen molar-refractivity contribution in [2.75, 3.05) is 39.4 Å². The lowest BCUT2D eigenvalue weighted by atomic mass is 9.96. The summed E-state index contributed by atoms with van der Waals surface area (Å²) in [6.07, 6.45) is 3.71. The second kappa shape index (κ2) is 9.82. The number of rotatable bonds is 6. The van der Waals surface area contributed by atoms with Gasteiger partial charge in [-0.2, -0.15) is 0 Å². The second-order valence-electron chi connectivity index (χ2n) is 9.08. The van der Waals surface area contributed by atoms with E-state index in [4.69, 9.17) is 26.9 Å². The Morgan fingerprint density at radius 3 is 2.56 bits per heavy atom. The number of hydrogen-bond donors (Lipinski definition) is 1. The number of nitrogens with zero attached hydrogens (tertiary/aromatic N) is 5. The third-order valence-electron chi connectivity index (χ3n) is 6.94. The van der Waals surface area contributed by atoms with E-state index in [0.717, 1.165) is 61.6 Å². The molecule has 3 aromatic heterocycles. The molecular formula is C26H32N6OS. The summed E-state index contributed by atoms with van der Waals surface area (Å²) < 4.78 is 7.80. The average molecular weight is 477 g/mol. The minimum atomic E-state index is -0.0165. The van der Waals surface area contributed by atoms with E-state index in [0.29, 0.717) is 0 Å². The molecule has 0 bridgehead atoms. The quantitative estimate of drug-likeness (QED) is 0.547. The number of pyridine rings is 2. The molecule has 0 saturated carbocycles. The van der Waals surface area contributed by atoms with Gasteiger partial charge >= 0.3 is 0 Å². The molecule has 1 N–H and O–H groups in total. The first-order valence-electron chi connectivity index (χ1n) is 11.9. The molecule has 7 nitrogen and oxygen atoms in total. The van der Waals surface area contributed by atoms with Crippen LogP contribution in [0.2, 0.25) is 0 Å². The molecule has 5 heterocycles. The molecule has 8 heteroatoms. The number of thiocarbonyl (C=S) groups is 1. The first-order chi connectivity index (χ1) is 16.5. The highest BCUT2D eigenvalue weighted by atomic mass is 32.1. The summed E-state index contributed by atoms with van der Waals surface area (Å²) >= 11 is 5.88. The predicted octanol–water partition coefficient (Wildman–Crippen LogP) is 3.50. The lowest BCUT2D eigenvalue weighted by Gasteiger charge is -2.32. The maximum absolute atomic E-state index is 5.88. The molecule has 2 aliphatic heterocycles. The highest BCUT2D eigenvalue weighted by molar-refractivity contribution is 7.80. The van der Waals surface area contributed by atoms with Crippen LogP contribution in [0.15, 0.2) is 48.8 Å². The molecule has 34 heavy (non-hydrogen) atoms. The summed E-state index contributed by atoms with van der Waals surface area (Å²) in [6, 6.07) is 12.5. The fourth-order valence-corrected chi connectivity index (χ4v) is 5.51. The Kier molecular flexibility index (Phi) is 6.63. The molecule has 0 spiro atoms. The number of hydrogen-bond acceptors (Lipinski definition) is 5. The Hall–Kier alpha value is -2.81. The van der Waals surface area contributed by atoms with Gasteiger partial charge in [-0.3, -0.25) is 9.88 Å². The largest absolute Gasteiger partial charge is 0.379 e. The molecule has 0 unspecified atom stereocenters. The first-order valence-corrected chi connectivity index (χ1v) is 12.3. The second-order valence-corrected chi connectivity index (χ2v) is 9.47. The Labute approximate surface area is 206 Å². The molecule has 3 aromatic rings. The molecule has 0 aromatic carbocycles. The minimum absolute atomic E-state index is 0.0165. The van der Waals surface area contributed by atoms with Crippen molar-refractivity contribution in [3.05, 3.63) is 77.0 Å². The van der Waals surface area contributed by atoms with Gasteiger partial charge in [0.25, 0.3) is 0 Å². The Bertz CT molecular complexity index is 1160. The van der Waals surface area contributed by atoms with Crippen molar-refractivity contribution >= 4 is 17.3 Å². The van der Waals surface area contributed by atoms with E-state index >= 15 is 0 Å². The Morgan fingerprint density at radius 1 is 1.03 bits per heavy atom. The molecule has 0 aliphatic carbocycles. The van der Waals surface area contributed by atoms with E-state index < -0.39 is 0 Å². The van der Waals surface area contributed by atoms with E-state index in [1.54, 1.807) is 0 Å². The Morgan fingerprint density at radius 2 is 1.82 bits per heavy atom. The summed E-state index contributed by atoms with van der Waals surface area (Å²) in [5, 5.41) is 4.38. The maximum Gasteiger partial charge on any atom is 0.170 e. The molecule has 178 valence electrons. The van der Waals surface area contributed by atoms with Crippen LogP contribution in [-0.4, -0.2) is 68.8 Å². The highest BCUT2D eigenvalue weighted by Gasteiger charge is 2.41. The van der Waals surface area contributed by atoms with Gasteiger partial charge in [0.2, 0.25) is 0 Å². The number of aryl methyl sites for hydroxylation is 2. The van der Waals surface area contributed by atoms with Crippen molar-refractivity contribution < 1.29 is 4.74 Å². The van der Waals surface area contributed by atoms with Crippen LogP contribution in [0.5, 0.6) is 0 Å². The molecule has 2 fully saturated rings. The van der Waals surface area contributed by atoms with Crippen LogP contribution in [0.25, 0.3) is 5.82 Å². The first kappa shape index (κ1) is 23.0. The fourth-order valence-electron chi connectivity index (χ4n) is 5.18. The average Bonchev–Trinajstić information content (AvgIpc) is 3.34. The smallest absolute Gasteiger partial charge is 0.170 e. The molecule has 5 rings (SSSR count). The van der Waals surface area contributed by atoms with Crippen LogP contribution in [0.4, 0.5) is 0 Å². The van der Waals surface area contributed by atoms with Gasteiger partial charge in [-0.25, -0.2) is 4.98 Å². The van der Waals surface area contributed by atoms with E-state index in [9.17, 15) is 0 Å². The lowest BCUT2D eigenvalue weighted by molar-refractivity contribution is 0.0350. The minimum Gasteiger partial charge on any atom is -0.379 e. The van der Waals surface area contributed by atoms with Crippen LogP contribution < -0.4 is 5.32 Å². The monoisotopic (exact) mass is 476 g/mol. The third kappa shape index (κ3) is 4.33. The third-order valence-corrected chi connectivity index (χ3v) is 7.29. The van der Waals surface area contributed by atoms with E-state index in [2.05, 4.69) is 58.7 Å². The van der Waals surface area contributed by atoms with Gasteiger partial charge in [0, 0.05) is 50.0 Å². The van der Waals surface area contributed by atoms with Crippen molar-refractivity contribution in [3.8, 4) is 5.82 Å². The number of morpholine rings is 1. The number of ether oxygens (including phenoxy) is 1. The van der Waals surface area contributed by atoms with E-state index in [1.807, 2.05) is 30.6 Å². The summed E-state index contributed by atoms with van der Waals surface area (Å²) in [5.41, 5.74) is 5.77. The van der Waals surface area contributed by atoms with Crippen LogP contribution >= 0.6 is 12.2 Å². The summed E-state index contributed by atoms with van der Waals surface area (Å²) in [6.45, 7) is 11.8. The van der Waals surface area contributed by atoms with Crippen molar-refractivity contribution in [2.24, 2.45) is 0 Å². The van der Waals surface area contributed by atoms with E-state index in [1.165, 1.54) is 17.0 Å². The van der Waals surface area contributed by atoms with Crippen molar-refractivity contribution in [1.29, 1.82) is 0 Å². The molecule has 0 amide bonds. The molecule has 2 aliphatic rings.